The quantitative estimate of drug-likeness (QED) is 0.294. The van der Waals surface area contributed by atoms with Gasteiger partial charge in [0, 0.05) is 30.9 Å². The fourth-order valence-electron chi connectivity index (χ4n) is 5.08. The monoisotopic (exact) mass is 577 g/mol. The number of aromatic nitrogens is 1. The van der Waals surface area contributed by atoms with Gasteiger partial charge in [-0.3, -0.25) is 14.6 Å². The number of nitrogens with one attached hydrogen (secondary N) is 1. The molecule has 11 heteroatoms. The molecule has 8 nitrogen and oxygen atoms in total. The SMILES string of the molecule is CN(C)C1CCN(c2ccc(C(F)(F)F)cc2NC(=O)c2cccc3cc(OCc4ccnc(C(N)=O)c4)ccc23)C1. The number of nitrogens with zero attached hydrogens (tertiary/aromatic N) is 3. The maximum Gasteiger partial charge on any atom is 0.416 e. The number of likely N-dealkylation sites (N-methyl/N-ethyl adjacent to an activating group) is 1. The number of carbonyl (C=O) groups is 2. The predicted molar refractivity (Wildman–Crippen MR) is 155 cm³/mol. The van der Waals surface area contributed by atoms with Gasteiger partial charge < -0.3 is 25.6 Å². The van der Waals surface area contributed by atoms with E-state index in [1.54, 1.807) is 42.5 Å². The Hall–Kier alpha value is -4.64. The Balaban J connectivity index is 1.39. The standard InChI is InChI=1S/C31H30F3N5O3/c1-38(2)22-11-13-39(17-22)28-9-6-21(31(32,33)34)16-26(28)37-30(41)25-5-3-4-20-15-23(7-8-24(20)25)42-18-19-10-12-36-27(14-19)29(35)40/h3-10,12,14-16,22H,11,13,17-18H2,1-2H3,(H2,35,40)(H,37,41). The lowest BCUT2D eigenvalue weighted by Gasteiger charge is -2.25. The lowest BCUT2D eigenvalue weighted by Crippen LogP contribution is -2.31. The highest BCUT2D eigenvalue weighted by Gasteiger charge is 2.33. The third-order valence-corrected chi connectivity index (χ3v) is 7.39. The number of hydrogen-bond donors (Lipinski definition) is 2. The number of fused-ring (bicyclic) bond motifs is 1. The average Bonchev–Trinajstić information content (AvgIpc) is 3.46. The molecule has 1 aliphatic heterocycles. The maximum atomic E-state index is 13.6. The van der Waals surface area contributed by atoms with Gasteiger partial charge in [0.05, 0.1) is 16.9 Å². The van der Waals surface area contributed by atoms with E-state index in [0.717, 1.165) is 18.6 Å². The Labute approximate surface area is 240 Å². The molecule has 0 saturated carbocycles. The molecular formula is C31H30F3N5O3. The number of anilines is 2. The van der Waals surface area contributed by atoms with Crippen LogP contribution < -0.4 is 20.7 Å². The summed E-state index contributed by atoms with van der Waals surface area (Å²) in [7, 11) is 3.94. The average molecular weight is 578 g/mol. The fourth-order valence-corrected chi connectivity index (χ4v) is 5.08. The summed E-state index contributed by atoms with van der Waals surface area (Å²) in [6.07, 6.45) is -2.21. The topological polar surface area (TPSA) is 101 Å². The van der Waals surface area contributed by atoms with E-state index in [1.807, 2.05) is 25.1 Å². The van der Waals surface area contributed by atoms with E-state index in [4.69, 9.17) is 10.5 Å². The van der Waals surface area contributed by atoms with Gasteiger partial charge >= 0.3 is 6.18 Å². The van der Waals surface area contributed by atoms with E-state index < -0.39 is 23.6 Å². The molecule has 2 heterocycles. The number of halogens is 3. The van der Waals surface area contributed by atoms with Crippen LogP contribution in [0.3, 0.4) is 0 Å². The van der Waals surface area contributed by atoms with Crippen molar-refractivity contribution in [3.05, 3.63) is 95.3 Å². The normalized spacial score (nSPS) is 15.3. The lowest BCUT2D eigenvalue weighted by molar-refractivity contribution is -0.137. The molecule has 1 fully saturated rings. The Bertz CT molecular complexity index is 1640. The molecule has 0 radical (unpaired) electrons. The van der Waals surface area contributed by atoms with Gasteiger partial charge in [-0.05, 0) is 91.4 Å². The third kappa shape index (κ3) is 6.31. The smallest absolute Gasteiger partial charge is 0.416 e. The van der Waals surface area contributed by atoms with Gasteiger partial charge in [0.25, 0.3) is 11.8 Å². The molecular weight excluding hydrogens is 547 g/mol. The Morgan fingerprint density at radius 3 is 2.62 bits per heavy atom. The van der Waals surface area contributed by atoms with Crippen LogP contribution in [0.15, 0.2) is 72.9 Å². The molecule has 0 bridgehead atoms. The molecule has 218 valence electrons. The van der Waals surface area contributed by atoms with Crippen LogP contribution in [0.2, 0.25) is 0 Å². The second kappa shape index (κ2) is 11.7. The molecule has 1 aromatic heterocycles. The van der Waals surface area contributed by atoms with Crippen molar-refractivity contribution in [2.24, 2.45) is 5.73 Å². The summed E-state index contributed by atoms with van der Waals surface area (Å²) in [5.41, 5.74) is 6.28. The van der Waals surface area contributed by atoms with Gasteiger partial charge in [-0.1, -0.05) is 12.1 Å². The summed E-state index contributed by atoms with van der Waals surface area (Å²) in [5, 5.41) is 4.09. The van der Waals surface area contributed by atoms with Crippen molar-refractivity contribution in [3.63, 3.8) is 0 Å². The minimum absolute atomic E-state index is 0.110. The van der Waals surface area contributed by atoms with Crippen molar-refractivity contribution in [3.8, 4) is 5.75 Å². The summed E-state index contributed by atoms with van der Waals surface area (Å²) < 4.78 is 46.7. The molecule has 5 rings (SSSR count). The molecule has 3 aromatic carbocycles. The molecule has 1 atom stereocenters. The first-order valence-electron chi connectivity index (χ1n) is 13.3. The van der Waals surface area contributed by atoms with Gasteiger partial charge in [-0.15, -0.1) is 0 Å². The fraction of sp³-hybridized carbons (Fsp3) is 0.258. The number of rotatable bonds is 8. The number of alkyl halides is 3. The number of hydrogen-bond acceptors (Lipinski definition) is 6. The minimum atomic E-state index is -4.55. The van der Waals surface area contributed by atoms with Crippen LogP contribution in [0.4, 0.5) is 24.5 Å². The van der Waals surface area contributed by atoms with Gasteiger partial charge in [-0.2, -0.15) is 13.2 Å². The number of carbonyl (C=O) groups excluding carboxylic acids is 2. The molecule has 4 aromatic rings. The van der Waals surface area contributed by atoms with Crippen LogP contribution in [-0.4, -0.2) is 54.9 Å². The first-order valence-corrected chi connectivity index (χ1v) is 13.3. The zero-order valence-electron chi connectivity index (χ0n) is 23.1. The first kappa shape index (κ1) is 28.9. The maximum absolute atomic E-state index is 13.6. The molecule has 3 N–H and O–H groups in total. The van der Waals surface area contributed by atoms with Crippen molar-refractivity contribution >= 4 is 34.0 Å². The number of nitrogens with two attached hydrogens (primary N) is 1. The number of pyridine rings is 1. The van der Waals surface area contributed by atoms with Crippen molar-refractivity contribution in [2.75, 3.05) is 37.4 Å². The van der Waals surface area contributed by atoms with E-state index in [0.29, 0.717) is 46.4 Å². The summed E-state index contributed by atoms with van der Waals surface area (Å²) in [4.78, 5) is 32.9. The molecule has 0 aliphatic carbocycles. The molecule has 0 spiro atoms. The van der Waals surface area contributed by atoms with E-state index in [-0.39, 0.29) is 24.0 Å². The number of amides is 2. The first-order chi connectivity index (χ1) is 20.0. The highest BCUT2D eigenvalue weighted by atomic mass is 19.4. The van der Waals surface area contributed by atoms with Crippen molar-refractivity contribution in [1.29, 1.82) is 0 Å². The van der Waals surface area contributed by atoms with E-state index in [9.17, 15) is 22.8 Å². The second-order valence-corrected chi connectivity index (χ2v) is 10.4. The Morgan fingerprint density at radius 1 is 1.10 bits per heavy atom. The highest BCUT2D eigenvalue weighted by Crippen LogP contribution is 2.37. The number of ether oxygens (including phenoxy) is 1. The molecule has 1 aliphatic rings. The van der Waals surface area contributed by atoms with E-state index >= 15 is 0 Å². The molecule has 1 saturated heterocycles. The van der Waals surface area contributed by atoms with E-state index in [2.05, 4.69) is 15.2 Å². The van der Waals surface area contributed by atoms with Crippen LogP contribution in [0.25, 0.3) is 10.8 Å². The van der Waals surface area contributed by atoms with Crippen molar-refractivity contribution in [1.82, 2.24) is 9.88 Å². The number of primary amides is 1. The summed E-state index contributed by atoms with van der Waals surface area (Å²) in [6, 6.07) is 17.4. The van der Waals surface area contributed by atoms with Crippen LogP contribution in [-0.2, 0) is 12.8 Å². The van der Waals surface area contributed by atoms with Gasteiger partial charge in [-0.25, -0.2) is 0 Å². The van der Waals surface area contributed by atoms with Crippen LogP contribution in [0, 0.1) is 0 Å². The summed E-state index contributed by atoms with van der Waals surface area (Å²) in [5.74, 6) is -0.625. The molecule has 2 amide bonds. The minimum Gasteiger partial charge on any atom is -0.489 e. The van der Waals surface area contributed by atoms with Crippen LogP contribution in [0.1, 0.15) is 38.4 Å². The van der Waals surface area contributed by atoms with Crippen LogP contribution >= 0.6 is 0 Å². The largest absolute Gasteiger partial charge is 0.489 e. The van der Waals surface area contributed by atoms with Crippen LogP contribution in [0.5, 0.6) is 5.75 Å². The second-order valence-electron chi connectivity index (χ2n) is 10.4. The van der Waals surface area contributed by atoms with E-state index in [1.165, 1.54) is 12.3 Å². The van der Waals surface area contributed by atoms with Gasteiger partial charge in [0.2, 0.25) is 0 Å². The predicted octanol–water partition coefficient (Wildman–Crippen LogP) is 5.32. The molecule has 42 heavy (non-hydrogen) atoms. The Kier molecular flexibility index (Phi) is 8.04. The number of benzene rings is 3. The zero-order chi connectivity index (χ0) is 30.0. The Morgan fingerprint density at radius 2 is 1.90 bits per heavy atom. The summed E-state index contributed by atoms with van der Waals surface area (Å²) >= 11 is 0. The molecule has 1 unspecified atom stereocenters. The van der Waals surface area contributed by atoms with Crippen molar-refractivity contribution in [2.45, 2.75) is 25.2 Å². The zero-order valence-corrected chi connectivity index (χ0v) is 23.1. The van der Waals surface area contributed by atoms with Gasteiger partial charge in [0.1, 0.15) is 18.1 Å². The third-order valence-electron chi connectivity index (χ3n) is 7.39. The van der Waals surface area contributed by atoms with Gasteiger partial charge in [0.15, 0.2) is 0 Å². The highest BCUT2D eigenvalue weighted by molar-refractivity contribution is 6.14. The van der Waals surface area contributed by atoms with Crippen molar-refractivity contribution < 1.29 is 27.5 Å². The lowest BCUT2D eigenvalue weighted by atomic mass is 10.0. The summed E-state index contributed by atoms with van der Waals surface area (Å²) in [6.45, 7) is 1.47.